The third kappa shape index (κ3) is 4.60. The molecule has 0 atom stereocenters. The zero-order chi connectivity index (χ0) is 19.4. The average molecular weight is 388 g/mol. The molecule has 7 heteroatoms. The molecule has 1 aromatic heterocycles. The molecule has 27 heavy (non-hydrogen) atoms. The van der Waals surface area contributed by atoms with Crippen LogP contribution in [0.4, 0.5) is 0 Å². The predicted molar refractivity (Wildman–Crippen MR) is 103 cm³/mol. The van der Waals surface area contributed by atoms with Crippen molar-refractivity contribution >= 4 is 28.5 Å². The van der Waals surface area contributed by atoms with Gasteiger partial charge in [-0.2, -0.15) is 0 Å². The molecule has 0 spiro atoms. The number of ether oxygens (including phenoxy) is 2. The number of halogens is 1. The largest absolute Gasteiger partial charge is 0.497 e. The molecule has 0 aliphatic heterocycles. The maximum Gasteiger partial charge on any atom is 0.336 e. The van der Waals surface area contributed by atoms with E-state index in [4.69, 9.17) is 25.5 Å². The van der Waals surface area contributed by atoms with Crippen LogP contribution >= 0.6 is 11.6 Å². The smallest absolute Gasteiger partial charge is 0.336 e. The van der Waals surface area contributed by atoms with Crippen LogP contribution < -0.4 is 20.4 Å². The summed E-state index contributed by atoms with van der Waals surface area (Å²) in [5.74, 6) is 0.687. The van der Waals surface area contributed by atoms with E-state index in [1.807, 2.05) is 24.3 Å². The van der Waals surface area contributed by atoms with Crippen LogP contribution in [0.25, 0.3) is 11.0 Å². The Morgan fingerprint density at radius 1 is 1.22 bits per heavy atom. The van der Waals surface area contributed by atoms with E-state index in [-0.39, 0.29) is 18.3 Å². The highest BCUT2D eigenvalue weighted by Gasteiger charge is 2.11. The maximum absolute atomic E-state index is 12.0. The highest BCUT2D eigenvalue weighted by molar-refractivity contribution is 6.32. The summed E-state index contributed by atoms with van der Waals surface area (Å²) in [6, 6.07) is 12.0. The van der Waals surface area contributed by atoms with Gasteiger partial charge >= 0.3 is 5.63 Å². The van der Waals surface area contributed by atoms with E-state index >= 15 is 0 Å². The van der Waals surface area contributed by atoms with Gasteiger partial charge < -0.3 is 19.2 Å². The number of benzene rings is 2. The van der Waals surface area contributed by atoms with Gasteiger partial charge in [0.1, 0.15) is 17.1 Å². The molecule has 1 amide bonds. The summed E-state index contributed by atoms with van der Waals surface area (Å²) in [7, 11) is 1.59. The van der Waals surface area contributed by atoms with Gasteiger partial charge in [0, 0.05) is 24.1 Å². The third-order valence-corrected chi connectivity index (χ3v) is 4.28. The summed E-state index contributed by atoms with van der Waals surface area (Å²) in [5, 5.41) is 3.81. The number of carbonyl (C=O) groups excluding carboxylic acids is 1. The van der Waals surface area contributed by atoms with Crippen molar-refractivity contribution in [1.82, 2.24) is 5.32 Å². The van der Waals surface area contributed by atoms with Crippen LogP contribution in [0.5, 0.6) is 11.5 Å². The second-order valence-electron chi connectivity index (χ2n) is 5.94. The first-order chi connectivity index (χ1) is 13.0. The molecule has 0 fully saturated rings. The Bertz CT molecular complexity index is 1040. The molecule has 0 saturated heterocycles. The molecule has 0 aliphatic rings. The Kier molecular flexibility index (Phi) is 5.66. The van der Waals surface area contributed by atoms with Crippen molar-refractivity contribution < 1.29 is 18.7 Å². The van der Waals surface area contributed by atoms with Crippen molar-refractivity contribution in [2.75, 3.05) is 13.7 Å². The van der Waals surface area contributed by atoms with Gasteiger partial charge in [-0.1, -0.05) is 23.7 Å². The van der Waals surface area contributed by atoms with Crippen molar-refractivity contribution in [1.29, 1.82) is 0 Å². The Balaban J connectivity index is 1.64. The van der Waals surface area contributed by atoms with E-state index in [9.17, 15) is 9.59 Å². The van der Waals surface area contributed by atoms with Crippen molar-refractivity contribution in [3.63, 3.8) is 0 Å². The highest BCUT2D eigenvalue weighted by atomic mass is 35.5. The fourth-order valence-corrected chi connectivity index (χ4v) is 2.83. The molecule has 0 unspecified atom stereocenters. The lowest BCUT2D eigenvalue weighted by molar-refractivity contribution is -0.123. The first-order valence-electron chi connectivity index (χ1n) is 8.22. The number of hydrogen-bond donors (Lipinski definition) is 1. The first kappa shape index (κ1) is 18.8. The summed E-state index contributed by atoms with van der Waals surface area (Å²) in [4.78, 5) is 23.6. The van der Waals surface area contributed by atoms with Crippen molar-refractivity contribution in [2.45, 2.75) is 13.5 Å². The predicted octanol–water partition coefficient (Wildman–Crippen LogP) is 3.46. The molecular weight excluding hydrogens is 370 g/mol. The molecule has 1 heterocycles. The summed E-state index contributed by atoms with van der Waals surface area (Å²) in [6.07, 6.45) is 0. The number of nitrogens with one attached hydrogen (secondary N) is 1. The molecule has 140 valence electrons. The second-order valence-corrected chi connectivity index (χ2v) is 6.35. The highest BCUT2D eigenvalue weighted by Crippen LogP contribution is 2.30. The van der Waals surface area contributed by atoms with Crippen LogP contribution in [0.3, 0.4) is 0 Å². The molecule has 0 aliphatic carbocycles. The summed E-state index contributed by atoms with van der Waals surface area (Å²) in [5.41, 5.74) is 1.56. The standard InChI is InChI=1S/C20H18ClNO5/c1-12-6-20(24)27-17-9-18(16(21)8-15(12)17)26-11-19(23)22-10-13-4-3-5-14(7-13)25-2/h3-9H,10-11H2,1-2H3,(H,22,23). The Morgan fingerprint density at radius 3 is 2.81 bits per heavy atom. The Labute approximate surface area is 160 Å². The number of methoxy groups -OCH3 is 1. The number of rotatable bonds is 6. The van der Waals surface area contributed by atoms with E-state index in [1.165, 1.54) is 12.1 Å². The SMILES string of the molecule is COc1cccc(CNC(=O)COc2cc3oc(=O)cc(C)c3cc2Cl)c1. The van der Waals surface area contributed by atoms with Gasteiger partial charge in [0.05, 0.1) is 12.1 Å². The fraction of sp³-hybridized carbons (Fsp3) is 0.200. The van der Waals surface area contributed by atoms with Crippen molar-refractivity contribution in [3.05, 3.63) is 69.0 Å². The second kappa shape index (κ2) is 8.14. The fourth-order valence-electron chi connectivity index (χ4n) is 2.61. The zero-order valence-corrected chi connectivity index (χ0v) is 15.6. The van der Waals surface area contributed by atoms with E-state index in [2.05, 4.69) is 5.32 Å². The molecule has 0 bridgehead atoms. The van der Waals surface area contributed by atoms with Crippen LogP contribution in [0.15, 0.2) is 51.7 Å². The van der Waals surface area contributed by atoms with Crippen LogP contribution in [0.1, 0.15) is 11.1 Å². The van der Waals surface area contributed by atoms with E-state index in [1.54, 1.807) is 20.1 Å². The summed E-state index contributed by atoms with van der Waals surface area (Å²) in [6.45, 7) is 1.92. The summed E-state index contributed by atoms with van der Waals surface area (Å²) < 4.78 is 15.8. The van der Waals surface area contributed by atoms with Gasteiger partial charge in [0.25, 0.3) is 5.91 Å². The Morgan fingerprint density at radius 2 is 2.04 bits per heavy atom. The molecule has 0 radical (unpaired) electrons. The number of aryl methyl sites for hydroxylation is 1. The molecule has 6 nitrogen and oxygen atoms in total. The van der Waals surface area contributed by atoms with Gasteiger partial charge in [0.15, 0.2) is 6.61 Å². The molecule has 3 rings (SSSR count). The van der Waals surface area contributed by atoms with Gasteiger partial charge in [0.2, 0.25) is 0 Å². The molecule has 2 aromatic carbocycles. The normalized spacial score (nSPS) is 10.6. The lowest BCUT2D eigenvalue weighted by Crippen LogP contribution is -2.28. The monoisotopic (exact) mass is 387 g/mol. The van der Waals surface area contributed by atoms with Gasteiger partial charge in [-0.15, -0.1) is 0 Å². The maximum atomic E-state index is 12.0. The lowest BCUT2D eigenvalue weighted by atomic mass is 10.1. The number of amides is 1. The zero-order valence-electron chi connectivity index (χ0n) is 14.9. The summed E-state index contributed by atoms with van der Waals surface area (Å²) >= 11 is 6.21. The minimum atomic E-state index is -0.454. The minimum Gasteiger partial charge on any atom is -0.497 e. The van der Waals surface area contributed by atoms with Gasteiger partial charge in [-0.3, -0.25) is 4.79 Å². The third-order valence-electron chi connectivity index (χ3n) is 3.99. The van der Waals surface area contributed by atoms with Crippen molar-refractivity contribution in [2.24, 2.45) is 0 Å². The van der Waals surface area contributed by atoms with Crippen molar-refractivity contribution in [3.8, 4) is 11.5 Å². The first-order valence-corrected chi connectivity index (χ1v) is 8.60. The number of hydrogen-bond acceptors (Lipinski definition) is 5. The van der Waals surface area contributed by atoms with E-state index in [0.717, 1.165) is 22.3 Å². The molecular formula is C20H18ClNO5. The van der Waals surface area contributed by atoms with Crippen LogP contribution in [0.2, 0.25) is 5.02 Å². The van der Waals surface area contributed by atoms with Crippen LogP contribution in [0, 0.1) is 6.92 Å². The quantitative estimate of drug-likeness (QED) is 0.655. The minimum absolute atomic E-state index is 0.217. The Hall–Kier alpha value is -2.99. The topological polar surface area (TPSA) is 77.8 Å². The van der Waals surface area contributed by atoms with Gasteiger partial charge in [-0.05, 0) is 36.2 Å². The average Bonchev–Trinajstić information content (AvgIpc) is 2.65. The number of fused-ring (bicyclic) bond motifs is 1. The molecule has 0 saturated carbocycles. The van der Waals surface area contributed by atoms with Crippen LogP contribution in [-0.4, -0.2) is 19.6 Å². The number of carbonyl (C=O) groups is 1. The van der Waals surface area contributed by atoms with E-state index in [0.29, 0.717) is 17.2 Å². The molecule has 1 N–H and O–H groups in total. The molecule has 3 aromatic rings. The van der Waals surface area contributed by atoms with E-state index < -0.39 is 5.63 Å². The lowest BCUT2D eigenvalue weighted by Gasteiger charge is -2.10. The van der Waals surface area contributed by atoms with Gasteiger partial charge in [-0.25, -0.2) is 4.79 Å². The van der Waals surface area contributed by atoms with Crippen LogP contribution in [-0.2, 0) is 11.3 Å².